The number of nitrogens with one attached hydrogen (secondary N) is 2. The number of carboxylic acid groups (broad SMARTS) is 1. The third-order valence-electron chi connectivity index (χ3n) is 5.94. The van der Waals surface area contributed by atoms with Crippen molar-refractivity contribution >= 4 is 29.6 Å². The number of carboxylic acids is 1. The first-order chi connectivity index (χ1) is 18.9. The Kier molecular flexibility index (Phi) is 8.87. The number of anilines is 2. The van der Waals surface area contributed by atoms with Crippen LogP contribution in [0.3, 0.4) is 0 Å². The maximum atomic E-state index is 12.6. The number of amides is 3. The van der Waals surface area contributed by atoms with Crippen LogP contribution in [0.1, 0.15) is 11.1 Å². The van der Waals surface area contributed by atoms with E-state index in [0.29, 0.717) is 11.5 Å². The van der Waals surface area contributed by atoms with Crippen molar-refractivity contribution in [2.75, 3.05) is 17.3 Å². The number of pyridine rings is 1. The summed E-state index contributed by atoms with van der Waals surface area (Å²) in [4.78, 5) is 42.2. The van der Waals surface area contributed by atoms with Crippen LogP contribution < -0.4 is 15.5 Å². The van der Waals surface area contributed by atoms with Crippen LogP contribution in [0.15, 0.2) is 103 Å². The van der Waals surface area contributed by atoms with E-state index in [2.05, 4.69) is 15.6 Å². The second kappa shape index (κ2) is 12.9. The van der Waals surface area contributed by atoms with Crippen molar-refractivity contribution in [3.63, 3.8) is 0 Å². The van der Waals surface area contributed by atoms with Gasteiger partial charge in [-0.2, -0.15) is 0 Å². The summed E-state index contributed by atoms with van der Waals surface area (Å²) < 4.78 is 5.15. The number of carbonyl (C=O) groups excluding carboxylic acids is 2. The number of urea groups is 1. The minimum Gasteiger partial charge on any atom is -0.480 e. The lowest BCUT2D eigenvalue weighted by molar-refractivity contribution is -0.139. The number of hydrogen-bond donors (Lipinski definition) is 3. The minimum absolute atomic E-state index is 0.0483. The fourth-order valence-corrected chi connectivity index (χ4v) is 3.82. The molecule has 0 aliphatic carbocycles. The Bertz CT molecular complexity index is 1410. The van der Waals surface area contributed by atoms with E-state index in [-0.39, 0.29) is 19.1 Å². The van der Waals surface area contributed by atoms with Gasteiger partial charge in [-0.1, -0.05) is 72.8 Å². The Labute approximate surface area is 226 Å². The van der Waals surface area contributed by atoms with Crippen molar-refractivity contribution in [1.29, 1.82) is 0 Å². The molecule has 0 aliphatic rings. The first-order valence-corrected chi connectivity index (χ1v) is 12.2. The first kappa shape index (κ1) is 26.9. The summed E-state index contributed by atoms with van der Waals surface area (Å²) in [5, 5.41) is 14.9. The van der Waals surface area contributed by atoms with Gasteiger partial charge in [-0.25, -0.2) is 19.4 Å². The van der Waals surface area contributed by atoms with Gasteiger partial charge in [0, 0.05) is 25.4 Å². The highest BCUT2D eigenvalue weighted by Crippen LogP contribution is 2.24. The summed E-state index contributed by atoms with van der Waals surface area (Å²) in [6.07, 6.45) is 0.914. The maximum Gasteiger partial charge on any atom is 0.408 e. The molecule has 0 radical (unpaired) electrons. The van der Waals surface area contributed by atoms with Gasteiger partial charge in [0.15, 0.2) is 0 Å². The van der Waals surface area contributed by atoms with E-state index in [0.717, 1.165) is 22.3 Å². The molecule has 3 N–H and O–H groups in total. The van der Waals surface area contributed by atoms with Crippen LogP contribution in [0, 0.1) is 0 Å². The molecule has 39 heavy (non-hydrogen) atoms. The van der Waals surface area contributed by atoms with Crippen molar-refractivity contribution in [3.05, 3.63) is 114 Å². The number of alkyl carbamates (subject to hydrolysis) is 1. The normalized spacial score (nSPS) is 11.2. The van der Waals surface area contributed by atoms with Crippen molar-refractivity contribution in [1.82, 2.24) is 10.3 Å². The number of rotatable bonds is 9. The number of nitrogens with zero attached hydrogens (tertiary/aromatic N) is 2. The van der Waals surface area contributed by atoms with E-state index in [9.17, 15) is 19.5 Å². The van der Waals surface area contributed by atoms with Gasteiger partial charge in [-0.05, 0) is 46.5 Å². The van der Waals surface area contributed by atoms with Gasteiger partial charge in [-0.15, -0.1) is 0 Å². The molecule has 0 fully saturated rings. The Morgan fingerprint density at radius 1 is 0.872 bits per heavy atom. The van der Waals surface area contributed by atoms with Crippen LogP contribution in [0.5, 0.6) is 0 Å². The quantitative estimate of drug-likeness (QED) is 0.272. The highest BCUT2D eigenvalue weighted by atomic mass is 16.5. The second-order valence-corrected chi connectivity index (χ2v) is 8.76. The number of carbonyl (C=O) groups is 3. The van der Waals surface area contributed by atoms with Gasteiger partial charge in [0.25, 0.3) is 0 Å². The van der Waals surface area contributed by atoms with E-state index in [4.69, 9.17) is 4.74 Å². The molecule has 0 aliphatic heterocycles. The summed E-state index contributed by atoms with van der Waals surface area (Å²) in [7, 11) is 1.64. The highest BCUT2D eigenvalue weighted by Gasteiger charge is 2.21. The summed E-state index contributed by atoms with van der Waals surface area (Å²) in [5.41, 5.74) is 3.91. The van der Waals surface area contributed by atoms with Crippen molar-refractivity contribution < 1.29 is 24.2 Å². The van der Waals surface area contributed by atoms with Crippen LogP contribution >= 0.6 is 0 Å². The fraction of sp³-hybridized carbons (Fsp3) is 0.133. The predicted octanol–water partition coefficient (Wildman–Crippen LogP) is 5.34. The zero-order chi connectivity index (χ0) is 27.6. The van der Waals surface area contributed by atoms with E-state index < -0.39 is 18.1 Å². The smallest absolute Gasteiger partial charge is 0.408 e. The average Bonchev–Trinajstić information content (AvgIpc) is 2.97. The summed E-state index contributed by atoms with van der Waals surface area (Å²) in [6, 6.07) is 27.7. The van der Waals surface area contributed by atoms with Crippen LogP contribution in [0.25, 0.3) is 11.1 Å². The molecule has 9 heteroatoms. The van der Waals surface area contributed by atoms with Gasteiger partial charge in [0.1, 0.15) is 18.5 Å². The zero-order valence-corrected chi connectivity index (χ0v) is 21.3. The Balaban J connectivity index is 1.36. The molecule has 9 nitrogen and oxygen atoms in total. The van der Waals surface area contributed by atoms with Gasteiger partial charge in [-0.3, -0.25) is 4.90 Å². The van der Waals surface area contributed by atoms with Crippen LogP contribution in [-0.4, -0.2) is 41.3 Å². The summed E-state index contributed by atoms with van der Waals surface area (Å²) in [5.74, 6) is -0.629. The Morgan fingerprint density at radius 3 is 2.31 bits per heavy atom. The highest BCUT2D eigenvalue weighted by molar-refractivity contribution is 6.01. The van der Waals surface area contributed by atoms with E-state index in [1.807, 2.05) is 78.9 Å². The fourth-order valence-electron chi connectivity index (χ4n) is 3.82. The molecular weight excluding hydrogens is 496 g/mol. The number of aromatic nitrogens is 1. The van der Waals surface area contributed by atoms with Crippen LogP contribution in [0.4, 0.5) is 21.1 Å². The number of aliphatic carboxylic acids is 1. The topological polar surface area (TPSA) is 121 Å². The largest absolute Gasteiger partial charge is 0.480 e. The average molecular weight is 525 g/mol. The SMILES string of the molecule is CN(C(=O)Nc1cccc(-c2ccc(C[C@H](NC(=O)OCc3ccccc3)C(=O)O)cc2)c1)c1ccccn1. The standard InChI is InChI=1S/C30H28N4O5/c1-34(27-12-5-6-17-31-27)29(37)32-25-11-7-10-24(19-25)23-15-13-21(14-16-23)18-26(28(35)36)33-30(38)39-20-22-8-3-2-4-9-22/h2-17,19,26H,18,20H2,1H3,(H,32,37)(H,33,38)(H,35,36)/t26-/m0/s1. The van der Waals surface area contributed by atoms with E-state index >= 15 is 0 Å². The molecule has 4 rings (SSSR count). The maximum absolute atomic E-state index is 12.6. The monoisotopic (exact) mass is 524 g/mol. The third-order valence-corrected chi connectivity index (χ3v) is 5.94. The molecule has 4 aromatic rings. The number of ether oxygens (including phenoxy) is 1. The lowest BCUT2D eigenvalue weighted by Crippen LogP contribution is -2.42. The Morgan fingerprint density at radius 2 is 1.62 bits per heavy atom. The molecule has 0 bridgehead atoms. The predicted molar refractivity (Wildman–Crippen MR) is 148 cm³/mol. The third kappa shape index (κ3) is 7.65. The van der Waals surface area contributed by atoms with Crippen molar-refractivity contribution in [3.8, 4) is 11.1 Å². The van der Waals surface area contributed by atoms with Crippen LogP contribution in [0.2, 0.25) is 0 Å². The van der Waals surface area contributed by atoms with Gasteiger partial charge >= 0.3 is 18.1 Å². The van der Waals surface area contributed by atoms with Crippen LogP contribution in [-0.2, 0) is 22.6 Å². The zero-order valence-electron chi connectivity index (χ0n) is 21.3. The molecule has 1 aromatic heterocycles. The Hall–Kier alpha value is -5.18. The van der Waals surface area contributed by atoms with Gasteiger partial charge in [0.2, 0.25) is 0 Å². The molecule has 0 saturated carbocycles. The lowest BCUT2D eigenvalue weighted by Gasteiger charge is -2.17. The molecule has 198 valence electrons. The molecule has 3 aromatic carbocycles. The molecule has 0 saturated heterocycles. The lowest BCUT2D eigenvalue weighted by atomic mass is 10.0. The van der Waals surface area contributed by atoms with Crippen molar-refractivity contribution in [2.45, 2.75) is 19.1 Å². The molecule has 1 heterocycles. The van der Waals surface area contributed by atoms with E-state index in [1.54, 1.807) is 31.4 Å². The molecule has 0 spiro atoms. The molecule has 3 amide bonds. The molecule has 1 atom stereocenters. The summed E-state index contributed by atoms with van der Waals surface area (Å²) in [6.45, 7) is 0.0483. The van der Waals surface area contributed by atoms with Gasteiger partial charge in [0.05, 0.1) is 0 Å². The number of benzene rings is 3. The second-order valence-electron chi connectivity index (χ2n) is 8.76. The minimum atomic E-state index is -1.16. The number of hydrogen-bond acceptors (Lipinski definition) is 5. The van der Waals surface area contributed by atoms with E-state index in [1.165, 1.54) is 4.90 Å². The molecular formula is C30H28N4O5. The van der Waals surface area contributed by atoms with Gasteiger partial charge < -0.3 is 20.5 Å². The van der Waals surface area contributed by atoms with Crippen molar-refractivity contribution in [2.24, 2.45) is 0 Å². The first-order valence-electron chi connectivity index (χ1n) is 12.2. The summed E-state index contributed by atoms with van der Waals surface area (Å²) >= 11 is 0. The molecule has 0 unspecified atom stereocenters.